The third-order valence-corrected chi connectivity index (χ3v) is 12.2. The highest BCUT2D eigenvalue weighted by Crippen LogP contribution is 2.63. The van der Waals surface area contributed by atoms with Gasteiger partial charge in [0.25, 0.3) is 0 Å². The average Bonchev–Trinajstić information content (AvgIpc) is 3.41. The van der Waals surface area contributed by atoms with Gasteiger partial charge in [0, 0.05) is 6.61 Å². The largest absolute Gasteiger partial charge is 0.472 e. The maximum atomic E-state index is 13.2. The number of hydrogen-bond acceptors (Lipinski definition) is 11. The van der Waals surface area contributed by atoms with Crippen LogP contribution in [-0.4, -0.2) is 79.0 Å². The SMILES string of the molecule is CCCCCCCCCCCCCCCCCCOC(C)C(COP(=O)(O)OC1C2OC(C)(c3ccc4c(N)ncnn34)C(O)C21O)OCc1ccccc1. The third kappa shape index (κ3) is 11.6. The number of phosphoric acid groups is 1. The van der Waals surface area contributed by atoms with Gasteiger partial charge >= 0.3 is 7.82 Å². The fraction of sp³-hybridized carbons (Fsp3) is 0.707. The first kappa shape index (κ1) is 43.7. The number of nitrogens with two attached hydrogens (primary N) is 1. The van der Waals surface area contributed by atoms with Crippen LogP contribution in [0.25, 0.3) is 5.52 Å². The number of anilines is 1. The van der Waals surface area contributed by atoms with E-state index in [4.69, 9.17) is 29.0 Å². The molecule has 1 saturated carbocycles. The van der Waals surface area contributed by atoms with E-state index in [9.17, 15) is 19.7 Å². The van der Waals surface area contributed by atoms with Crippen LogP contribution in [-0.2, 0) is 40.0 Å². The van der Waals surface area contributed by atoms with Crippen molar-refractivity contribution < 1.29 is 42.9 Å². The van der Waals surface area contributed by atoms with Gasteiger partial charge in [-0.2, -0.15) is 5.10 Å². The van der Waals surface area contributed by atoms with Crippen LogP contribution < -0.4 is 5.73 Å². The molecule has 0 radical (unpaired) electrons. The number of aromatic nitrogens is 3. The Kier molecular flexibility index (Phi) is 16.5. The number of ether oxygens (including phenoxy) is 3. The molecule has 2 aliphatic rings. The highest BCUT2D eigenvalue weighted by atomic mass is 31.2. The topological polar surface area (TPSA) is 180 Å². The highest BCUT2D eigenvalue weighted by molar-refractivity contribution is 7.47. The third-order valence-electron chi connectivity index (χ3n) is 11.3. The van der Waals surface area contributed by atoms with Crippen LogP contribution in [0, 0.1) is 0 Å². The number of rotatable bonds is 28. The lowest BCUT2D eigenvalue weighted by Gasteiger charge is -2.32. The van der Waals surface area contributed by atoms with Gasteiger partial charge < -0.3 is 35.1 Å². The van der Waals surface area contributed by atoms with Crippen molar-refractivity contribution in [1.82, 2.24) is 14.6 Å². The summed E-state index contributed by atoms with van der Waals surface area (Å²) in [4.78, 5) is 14.7. The number of nitrogen functional groups attached to an aromatic ring is 1. The van der Waals surface area contributed by atoms with Crippen LogP contribution in [0.2, 0.25) is 0 Å². The zero-order valence-electron chi connectivity index (χ0n) is 33.1. The molecule has 1 aromatic carbocycles. The summed E-state index contributed by atoms with van der Waals surface area (Å²) in [6.45, 7) is 6.23. The number of phosphoric ester groups is 1. The lowest BCUT2D eigenvalue weighted by atomic mass is 9.91. The zero-order chi connectivity index (χ0) is 39.3. The van der Waals surface area contributed by atoms with Crippen molar-refractivity contribution in [2.24, 2.45) is 0 Å². The Labute approximate surface area is 326 Å². The summed E-state index contributed by atoms with van der Waals surface area (Å²) in [7, 11) is -4.74. The molecule has 0 amide bonds. The molecule has 13 nitrogen and oxygen atoms in total. The maximum Gasteiger partial charge on any atom is 0.472 e. The molecule has 1 aliphatic carbocycles. The molecule has 0 spiro atoms. The van der Waals surface area contributed by atoms with E-state index in [0.717, 1.165) is 18.4 Å². The van der Waals surface area contributed by atoms with E-state index in [1.807, 2.05) is 37.3 Å². The fourth-order valence-electron chi connectivity index (χ4n) is 7.70. The Morgan fingerprint density at radius 2 is 1.51 bits per heavy atom. The van der Waals surface area contributed by atoms with E-state index < -0.39 is 49.5 Å². The van der Waals surface area contributed by atoms with Crippen LogP contribution in [0.1, 0.15) is 135 Å². The molecule has 2 fully saturated rings. The Hall–Kier alpha value is -2.45. The van der Waals surface area contributed by atoms with E-state index in [0.29, 0.717) is 17.8 Å². The van der Waals surface area contributed by atoms with Crippen molar-refractivity contribution in [2.45, 2.75) is 172 Å². The van der Waals surface area contributed by atoms with Gasteiger partial charge in [-0.25, -0.2) is 14.1 Å². The van der Waals surface area contributed by atoms with Crippen molar-refractivity contribution in [1.29, 1.82) is 0 Å². The molecule has 5 rings (SSSR count). The lowest BCUT2D eigenvalue weighted by molar-refractivity contribution is -0.128. The summed E-state index contributed by atoms with van der Waals surface area (Å²) < 4.78 is 43.9. The van der Waals surface area contributed by atoms with Crippen LogP contribution in [0.3, 0.4) is 0 Å². The number of nitrogens with zero attached hydrogens (tertiary/aromatic N) is 3. The molecule has 2 aromatic heterocycles. The summed E-state index contributed by atoms with van der Waals surface area (Å²) in [5.74, 6) is 0.242. The molecule has 0 bridgehead atoms. The summed E-state index contributed by atoms with van der Waals surface area (Å²) in [5.41, 5.74) is 4.47. The van der Waals surface area contributed by atoms with E-state index in [2.05, 4.69) is 17.0 Å². The molecule has 1 saturated heterocycles. The molecular weight excluding hydrogens is 723 g/mol. The van der Waals surface area contributed by atoms with E-state index in [1.165, 1.54) is 101 Å². The van der Waals surface area contributed by atoms with Gasteiger partial charge in [0.15, 0.2) is 11.4 Å². The number of hydrogen-bond donors (Lipinski definition) is 4. The molecule has 14 heteroatoms. The van der Waals surface area contributed by atoms with Crippen LogP contribution in [0.5, 0.6) is 0 Å². The van der Waals surface area contributed by atoms with E-state index in [-0.39, 0.29) is 19.0 Å². The van der Waals surface area contributed by atoms with Crippen LogP contribution in [0.15, 0.2) is 48.8 Å². The zero-order valence-corrected chi connectivity index (χ0v) is 34.0. The Morgan fingerprint density at radius 1 is 0.909 bits per heavy atom. The van der Waals surface area contributed by atoms with Crippen molar-refractivity contribution in [2.75, 3.05) is 18.9 Å². The van der Waals surface area contributed by atoms with Crippen LogP contribution in [0.4, 0.5) is 5.82 Å². The van der Waals surface area contributed by atoms with Crippen molar-refractivity contribution in [3.63, 3.8) is 0 Å². The molecule has 8 unspecified atom stereocenters. The van der Waals surface area contributed by atoms with Crippen molar-refractivity contribution >= 4 is 19.2 Å². The highest BCUT2D eigenvalue weighted by Gasteiger charge is 2.82. The first-order valence-electron chi connectivity index (χ1n) is 20.6. The monoisotopic (exact) mass is 788 g/mol. The second kappa shape index (κ2) is 20.8. The summed E-state index contributed by atoms with van der Waals surface area (Å²) >= 11 is 0. The molecule has 3 heterocycles. The smallest absolute Gasteiger partial charge is 0.386 e. The first-order valence-corrected chi connectivity index (χ1v) is 22.1. The minimum absolute atomic E-state index is 0.242. The predicted octanol–water partition coefficient (Wildman–Crippen LogP) is 7.79. The van der Waals surface area contributed by atoms with Crippen LogP contribution >= 0.6 is 7.82 Å². The van der Waals surface area contributed by atoms with Gasteiger partial charge in [0.05, 0.1) is 25.0 Å². The first-order chi connectivity index (χ1) is 26.5. The quantitative estimate of drug-likeness (QED) is 0.0415. The number of fused-ring (bicyclic) bond motifs is 2. The van der Waals surface area contributed by atoms with Gasteiger partial charge in [-0.3, -0.25) is 9.05 Å². The minimum Gasteiger partial charge on any atom is -0.386 e. The molecule has 1 aliphatic heterocycles. The van der Waals surface area contributed by atoms with Gasteiger partial charge in [0.2, 0.25) is 0 Å². The molecule has 8 atom stereocenters. The van der Waals surface area contributed by atoms with Gasteiger partial charge in [-0.05, 0) is 38.0 Å². The van der Waals surface area contributed by atoms with Gasteiger partial charge in [-0.1, -0.05) is 134 Å². The van der Waals surface area contributed by atoms with Gasteiger partial charge in [-0.15, -0.1) is 0 Å². The predicted molar refractivity (Wildman–Crippen MR) is 211 cm³/mol. The maximum absolute atomic E-state index is 13.2. The average molecular weight is 789 g/mol. The lowest BCUT2D eigenvalue weighted by Crippen LogP contribution is -2.46. The van der Waals surface area contributed by atoms with E-state index in [1.54, 1.807) is 19.1 Å². The van der Waals surface area contributed by atoms with Gasteiger partial charge in [0.1, 0.15) is 41.9 Å². The van der Waals surface area contributed by atoms with E-state index >= 15 is 0 Å². The molecular formula is C41H65N4O9P. The van der Waals surface area contributed by atoms with Crippen molar-refractivity contribution in [3.05, 3.63) is 60.0 Å². The molecule has 3 aromatic rings. The summed E-state index contributed by atoms with van der Waals surface area (Å²) in [6.07, 6.45) is 17.0. The Balaban J connectivity index is 1.01. The fourth-order valence-corrected chi connectivity index (χ4v) is 8.66. The Morgan fingerprint density at radius 3 is 2.09 bits per heavy atom. The number of benzene rings is 1. The summed E-state index contributed by atoms with van der Waals surface area (Å²) in [5, 5.41) is 26.9. The second-order valence-corrected chi connectivity index (χ2v) is 17.0. The Bertz CT molecular complexity index is 1630. The molecule has 5 N–H and O–H groups in total. The molecule has 55 heavy (non-hydrogen) atoms. The normalized spacial score (nSPS) is 25.5. The number of aliphatic hydroxyl groups excluding tert-OH is 1. The second-order valence-electron chi connectivity index (χ2n) is 15.6. The standard InChI is InChI=1S/C41H65N4O9P/c1-4-5-6-7-8-9-10-11-12-13-14-15-16-17-18-22-27-50-31(2)34(51-28-32-23-20-19-21-24-32)29-52-55(48,49)54-37-36-41(37,47)39(46)40(3,53-36)35-26-25-33-38(42)43-30-44-45(33)35/h19-21,23-26,30-31,34,36-37,39,46-47H,4-18,22,27-29H2,1-3H3,(H,48,49)(H2,42,43,44). The summed E-state index contributed by atoms with van der Waals surface area (Å²) in [6, 6.07) is 13.0. The number of unbranched alkanes of at least 4 members (excludes halogenated alkanes) is 15. The minimum atomic E-state index is -4.74. The van der Waals surface area contributed by atoms with Crippen molar-refractivity contribution in [3.8, 4) is 0 Å². The molecule has 308 valence electrons. The number of aliphatic hydroxyl groups is 2.